The van der Waals surface area contributed by atoms with Crippen LogP contribution in [0.25, 0.3) is 11.2 Å². The number of amides is 1. The van der Waals surface area contributed by atoms with Crippen LogP contribution in [0, 0.1) is 0 Å². The Kier molecular flexibility index (Phi) is 4.33. The van der Waals surface area contributed by atoms with Gasteiger partial charge in [0.15, 0.2) is 11.4 Å². The van der Waals surface area contributed by atoms with Crippen molar-refractivity contribution in [2.75, 3.05) is 11.1 Å². The number of H-pyrrole nitrogens is 1. The molecule has 116 valence electrons. The van der Waals surface area contributed by atoms with Gasteiger partial charge in [-0.05, 0) is 19.1 Å². The SMILES string of the molecule is CC(=O)c1ccccc1NC(=O)CSc1ncnc2nc[nH]c12. The molecule has 23 heavy (non-hydrogen) atoms. The molecule has 2 heterocycles. The Morgan fingerprint density at radius 3 is 2.87 bits per heavy atom. The van der Waals surface area contributed by atoms with Crippen LogP contribution in [-0.2, 0) is 4.79 Å². The maximum atomic E-state index is 12.1. The van der Waals surface area contributed by atoms with Crippen LogP contribution in [-0.4, -0.2) is 37.4 Å². The van der Waals surface area contributed by atoms with Crippen molar-refractivity contribution in [3.8, 4) is 0 Å². The third kappa shape index (κ3) is 3.37. The van der Waals surface area contributed by atoms with Gasteiger partial charge in [-0.3, -0.25) is 9.59 Å². The monoisotopic (exact) mass is 327 g/mol. The first kappa shape index (κ1) is 15.2. The fourth-order valence-electron chi connectivity index (χ4n) is 2.07. The number of rotatable bonds is 5. The summed E-state index contributed by atoms with van der Waals surface area (Å²) >= 11 is 1.28. The molecule has 0 unspecified atom stereocenters. The number of Topliss-reactive ketones (excluding diaryl/α,β-unsaturated/α-hetero) is 1. The highest BCUT2D eigenvalue weighted by atomic mass is 32.2. The number of nitrogens with zero attached hydrogens (tertiary/aromatic N) is 3. The van der Waals surface area contributed by atoms with Gasteiger partial charge in [-0.15, -0.1) is 0 Å². The Morgan fingerprint density at radius 2 is 2.04 bits per heavy atom. The molecule has 1 amide bonds. The van der Waals surface area contributed by atoms with Crippen molar-refractivity contribution in [3.63, 3.8) is 0 Å². The molecule has 8 heteroatoms. The molecule has 0 aliphatic carbocycles. The summed E-state index contributed by atoms with van der Waals surface area (Å²) in [6.07, 6.45) is 2.95. The first-order valence-corrected chi connectivity index (χ1v) is 7.80. The van der Waals surface area contributed by atoms with E-state index in [2.05, 4.69) is 25.3 Å². The van der Waals surface area contributed by atoms with Crippen LogP contribution in [0.5, 0.6) is 0 Å². The number of benzene rings is 1. The van der Waals surface area contributed by atoms with Crippen LogP contribution in [0.2, 0.25) is 0 Å². The predicted octanol–water partition coefficient (Wildman–Crippen LogP) is 2.29. The number of para-hydroxylation sites is 1. The molecule has 0 bridgehead atoms. The van der Waals surface area contributed by atoms with Crippen LogP contribution in [0.3, 0.4) is 0 Å². The third-order valence-corrected chi connectivity index (χ3v) is 4.10. The second-order valence-electron chi connectivity index (χ2n) is 4.72. The van der Waals surface area contributed by atoms with Gasteiger partial charge in [0.1, 0.15) is 16.9 Å². The number of carbonyl (C=O) groups is 2. The van der Waals surface area contributed by atoms with Crippen molar-refractivity contribution in [1.82, 2.24) is 19.9 Å². The highest BCUT2D eigenvalue weighted by Gasteiger charge is 2.12. The van der Waals surface area contributed by atoms with Gasteiger partial charge in [-0.2, -0.15) is 0 Å². The number of hydrogen-bond donors (Lipinski definition) is 2. The lowest BCUT2D eigenvalue weighted by Crippen LogP contribution is -2.16. The van der Waals surface area contributed by atoms with E-state index in [1.54, 1.807) is 24.3 Å². The second kappa shape index (κ2) is 6.57. The van der Waals surface area contributed by atoms with Crippen LogP contribution in [0.4, 0.5) is 5.69 Å². The van der Waals surface area contributed by atoms with Gasteiger partial charge in [0.05, 0.1) is 17.8 Å². The molecular weight excluding hydrogens is 314 g/mol. The number of aromatic amines is 1. The lowest BCUT2D eigenvalue weighted by Gasteiger charge is -2.08. The van der Waals surface area contributed by atoms with Gasteiger partial charge in [-0.25, -0.2) is 15.0 Å². The molecule has 2 aromatic heterocycles. The molecule has 1 aromatic carbocycles. The smallest absolute Gasteiger partial charge is 0.234 e. The number of aromatic nitrogens is 4. The normalized spacial score (nSPS) is 10.7. The van der Waals surface area contributed by atoms with Gasteiger partial charge in [-0.1, -0.05) is 23.9 Å². The number of nitrogens with one attached hydrogen (secondary N) is 2. The number of ketones is 1. The summed E-state index contributed by atoms with van der Waals surface area (Å²) in [5.74, 6) is -0.143. The summed E-state index contributed by atoms with van der Waals surface area (Å²) in [4.78, 5) is 38.9. The molecule has 7 nitrogen and oxygen atoms in total. The molecule has 0 aliphatic rings. The van der Waals surface area contributed by atoms with Crippen molar-refractivity contribution in [1.29, 1.82) is 0 Å². The molecule has 0 atom stereocenters. The van der Waals surface area contributed by atoms with E-state index in [1.807, 2.05) is 0 Å². The van der Waals surface area contributed by atoms with E-state index in [-0.39, 0.29) is 17.4 Å². The van der Waals surface area contributed by atoms with Gasteiger partial charge in [0.2, 0.25) is 5.91 Å². The lowest BCUT2D eigenvalue weighted by molar-refractivity contribution is -0.113. The highest BCUT2D eigenvalue weighted by molar-refractivity contribution is 8.00. The zero-order valence-electron chi connectivity index (χ0n) is 12.2. The molecular formula is C15H13N5O2S. The van der Waals surface area contributed by atoms with E-state index in [1.165, 1.54) is 31.3 Å². The number of thioether (sulfide) groups is 1. The Balaban J connectivity index is 1.69. The van der Waals surface area contributed by atoms with Crippen molar-refractivity contribution >= 4 is 40.3 Å². The van der Waals surface area contributed by atoms with Gasteiger partial charge >= 0.3 is 0 Å². The van der Waals surface area contributed by atoms with Crippen LogP contribution in [0.1, 0.15) is 17.3 Å². The lowest BCUT2D eigenvalue weighted by atomic mass is 10.1. The van der Waals surface area contributed by atoms with Crippen molar-refractivity contribution < 1.29 is 9.59 Å². The largest absolute Gasteiger partial charge is 0.341 e. The summed E-state index contributed by atoms with van der Waals surface area (Å²) in [5, 5.41) is 3.41. The minimum absolute atomic E-state index is 0.0940. The Labute approximate surface area is 135 Å². The molecule has 2 N–H and O–H groups in total. The molecule has 3 aromatic rings. The number of carbonyl (C=O) groups excluding carboxylic acids is 2. The number of fused-ring (bicyclic) bond motifs is 1. The Bertz CT molecular complexity index is 877. The zero-order valence-corrected chi connectivity index (χ0v) is 13.1. The van der Waals surface area contributed by atoms with E-state index >= 15 is 0 Å². The first-order valence-electron chi connectivity index (χ1n) is 6.82. The van der Waals surface area contributed by atoms with Gasteiger partial charge in [0.25, 0.3) is 0 Å². The summed E-state index contributed by atoms with van der Waals surface area (Å²) in [6, 6.07) is 6.92. The van der Waals surface area contributed by atoms with Crippen molar-refractivity contribution in [3.05, 3.63) is 42.5 Å². The van der Waals surface area contributed by atoms with Crippen LogP contribution >= 0.6 is 11.8 Å². The minimum Gasteiger partial charge on any atom is -0.341 e. The summed E-state index contributed by atoms with van der Waals surface area (Å²) < 4.78 is 0. The highest BCUT2D eigenvalue weighted by Crippen LogP contribution is 2.22. The Hall–Kier alpha value is -2.74. The average Bonchev–Trinajstić information content (AvgIpc) is 3.02. The van der Waals surface area contributed by atoms with E-state index in [0.717, 1.165) is 0 Å². The number of anilines is 1. The van der Waals surface area contributed by atoms with E-state index in [4.69, 9.17) is 0 Å². The first-order chi connectivity index (χ1) is 11.1. The van der Waals surface area contributed by atoms with E-state index in [9.17, 15) is 9.59 Å². The standard InChI is InChI=1S/C15H13N5O2S/c1-9(21)10-4-2-3-5-11(10)20-12(22)6-23-15-13-14(17-7-16-13)18-8-19-15/h2-5,7-8H,6H2,1H3,(H,20,22)(H,16,17,18,19). The zero-order chi connectivity index (χ0) is 16.2. The molecule has 0 saturated carbocycles. The van der Waals surface area contributed by atoms with E-state index in [0.29, 0.717) is 27.4 Å². The maximum absolute atomic E-state index is 12.1. The number of hydrogen-bond acceptors (Lipinski definition) is 6. The third-order valence-electron chi connectivity index (χ3n) is 3.11. The average molecular weight is 327 g/mol. The molecule has 0 fully saturated rings. The van der Waals surface area contributed by atoms with Crippen LogP contribution < -0.4 is 5.32 Å². The molecule has 3 rings (SSSR count). The van der Waals surface area contributed by atoms with Crippen molar-refractivity contribution in [2.24, 2.45) is 0 Å². The molecule has 0 aliphatic heterocycles. The molecule has 0 radical (unpaired) electrons. The second-order valence-corrected chi connectivity index (χ2v) is 5.68. The van der Waals surface area contributed by atoms with Gasteiger partial charge < -0.3 is 10.3 Å². The maximum Gasteiger partial charge on any atom is 0.234 e. The predicted molar refractivity (Wildman–Crippen MR) is 87.5 cm³/mol. The van der Waals surface area contributed by atoms with Crippen molar-refractivity contribution in [2.45, 2.75) is 11.9 Å². The fraction of sp³-hybridized carbons (Fsp3) is 0.133. The van der Waals surface area contributed by atoms with E-state index < -0.39 is 0 Å². The summed E-state index contributed by atoms with van der Waals surface area (Å²) in [6.45, 7) is 1.47. The van der Waals surface area contributed by atoms with Gasteiger partial charge in [0, 0.05) is 5.56 Å². The molecule has 0 saturated heterocycles. The minimum atomic E-state index is -0.213. The fourth-order valence-corrected chi connectivity index (χ4v) is 2.83. The summed E-state index contributed by atoms with van der Waals surface area (Å²) in [7, 11) is 0. The summed E-state index contributed by atoms with van der Waals surface area (Å²) in [5.41, 5.74) is 2.27. The molecule has 0 spiro atoms. The topological polar surface area (TPSA) is 101 Å². The van der Waals surface area contributed by atoms with Crippen LogP contribution in [0.15, 0.2) is 41.9 Å². The quantitative estimate of drug-likeness (QED) is 0.423. The Morgan fingerprint density at radius 1 is 1.22 bits per heavy atom. The number of imidazole rings is 1.